The molecule has 0 aliphatic carbocycles. The van der Waals surface area contributed by atoms with E-state index in [1.807, 2.05) is 0 Å². The molecule has 0 bridgehead atoms. The molecule has 1 atom stereocenters. The quantitative estimate of drug-likeness (QED) is 0.610. The zero-order valence-electron chi connectivity index (χ0n) is 8.01. The predicted octanol–water partition coefficient (Wildman–Crippen LogP) is 1.49. The lowest BCUT2D eigenvalue weighted by atomic mass is 10.3. The second-order valence-corrected chi connectivity index (χ2v) is 3.03. The number of aliphatic hydroxyl groups is 1. The highest BCUT2D eigenvalue weighted by Crippen LogP contribution is 2.27. The Hall–Kier alpha value is -1.69. The summed E-state index contributed by atoms with van der Waals surface area (Å²) in [4.78, 5) is 9.78. The maximum atomic E-state index is 12.7. The fraction of sp³-hybridized carbons (Fsp3) is 0.333. The second kappa shape index (κ2) is 4.70. The molecule has 0 radical (unpaired) electrons. The van der Waals surface area contributed by atoms with Crippen LogP contribution in [0.3, 0.4) is 0 Å². The van der Waals surface area contributed by atoms with Crippen molar-refractivity contribution in [1.82, 2.24) is 0 Å². The van der Waals surface area contributed by atoms with E-state index >= 15 is 0 Å². The van der Waals surface area contributed by atoms with Crippen molar-refractivity contribution in [3.8, 4) is 5.75 Å². The molecular weight excluding hydrogens is 205 g/mol. The first-order valence-electron chi connectivity index (χ1n) is 4.25. The van der Waals surface area contributed by atoms with Crippen LogP contribution in [0.2, 0.25) is 0 Å². The molecule has 0 fully saturated rings. The van der Waals surface area contributed by atoms with Crippen molar-refractivity contribution in [2.75, 3.05) is 6.61 Å². The minimum absolute atomic E-state index is 0.0534. The molecular formula is C9H10FNO4. The Bertz CT molecular complexity index is 367. The minimum Gasteiger partial charge on any atom is -0.484 e. The molecule has 6 heteroatoms. The Balaban J connectivity index is 2.91. The van der Waals surface area contributed by atoms with Gasteiger partial charge < -0.3 is 9.84 Å². The number of aliphatic hydroxyl groups excluding tert-OH is 1. The van der Waals surface area contributed by atoms with Crippen LogP contribution in [0.15, 0.2) is 18.2 Å². The molecule has 1 rings (SSSR count). The molecule has 0 saturated heterocycles. The van der Waals surface area contributed by atoms with Crippen molar-refractivity contribution in [1.29, 1.82) is 0 Å². The Morgan fingerprint density at radius 1 is 1.67 bits per heavy atom. The van der Waals surface area contributed by atoms with Crippen LogP contribution in [0.1, 0.15) is 6.92 Å². The predicted molar refractivity (Wildman–Crippen MR) is 50.2 cm³/mol. The van der Waals surface area contributed by atoms with Gasteiger partial charge in [-0.2, -0.15) is 0 Å². The SMILES string of the molecule is CC(O)COc1ccc(F)cc1[N+](=O)[O-]. The number of nitro groups is 1. The third kappa shape index (κ3) is 3.17. The van der Waals surface area contributed by atoms with Crippen molar-refractivity contribution in [2.24, 2.45) is 0 Å². The fourth-order valence-corrected chi connectivity index (χ4v) is 0.966. The van der Waals surface area contributed by atoms with Crippen LogP contribution >= 0.6 is 0 Å². The molecule has 5 nitrogen and oxygen atoms in total. The number of hydrogen-bond donors (Lipinski definition) is 1. The smallest absolute Gasteiger partial charge is 0.313 e. The number of halogens is 1. The van der Waals surface area contributed by atoms with E-state index in [2.05, 4.69) is 0 Å². The van der Waals surface area contributed by atoms with Crippen LogP contribution in [-0.4, -0.2) is 22.7 Å². The van der Waals surface area contributed by atoms with Gasteiger partial charge in [0.15, 0.2) is 5.75 Å². The molecule has 0 aliphatic rings. The first kappa shape index (κ1) is 11.4. The maximum absolute atomic E-state index is 12.7. The molecule has 0 saturated carbocycles. The average molecular weight is 215 g/mol. The number of rotatable bonds is 4. The lowest BCUT2D eigenvalue weighted by Crippen LogP contribution is -2.13. The van der Waals surface area contributed by atoms with Crippen LogP contribution in [0.4, 0.5) is 10.1 Å². The van der Waals surface area contributed by atoms with E-state index in [0.29, 0.717) is 0 Å². The summed E-state index contributed by atoms with van der Waals surface area (Å²) >= 11 is 0. The molecule has 0 spiro atoms. The Labute approximate surface area is 85.3 Å². The Kier molecular flexibility index (Phi) is 3.56. The summed E-state index contributed by atoms with van der Waals surface area (Å²) in [6, 6.07) is 3.00. The molecule has 1 unspecified atom stereocenters. The van der Waals surface area contributed by atoms with Crippen LogP contribution in [-0.2, 0) is 0 Å². The van der Waals surface area contributed by atoms with Crippen LogP contribution in [0.5, 0.6) is 5.75 Å². The summed E-state index contributed by atoms with van der Waals surface area (Å²) in [7, 11) is 0. The molecule has 0 heterocycles. The van der Waals surface area contributed by atoms with E-state index in [1.54, 1.807) is 0 Å². The minimum atomic E-state index is -0.741. The van der Waals surface area contributed by atoms with Gasteiger partial charge in [-0.05, 0) is 19.1 Å². The van der Waals surface area contributed by atoms with Crippen LogP contribution in [0.25, 0.3) is 0 Å². The van der Waals surface area contributed by atoms with E-state index < -0.39 is 22.5 Å². The van der Waals surface area contributed by atoms with Gasteiger partial charge in [-0.3, -0.25) is 10.1 Å². The number of benzene rings is 1. The first-order chi connectivity index (χ1) is 7.00. The van der Waals surface area contributed by atoms with Gasteiger partial charge in [0.05, 0.1) is 17.1 Å². The molecule has 15 heavy (non-hydrogen) atoms. The second-order valence-electron chi connectivity index (χ2n) is 3.03. The van der Waals surface area contributed by atoms with Crippen molar-refractivity contribution in [3.05, 3.63) is 34.1 Å². The molecule has 1 aromatic carbocycles. The summed E-state index contributed by atoms with van der Waals surface area (Å²) < 4.78 is 17.7. The zero-order chi connectivity index (χ0) is 11.4. The zero-order valence-corrected chi connectivity index (χ0v) is 8.01. The third-order valence-electron chi connectivity index (χ3n) is 1.60. The van der Waals surface area contributed by atoms with Gasteiger partial charge in [0.2, 0.25) is 0 Å². The summed E-state index contributed by atoms with van der Waals surface area (Å²) in [5.41, 5.74) is -0.448. The standard InChI is InChI=1S/C9H10FNO4/c1-6(12)5-15-9-3-2-7(10)4-8(9)11(13)14/h2-4,6,12H,5H2,1H3. The van der Waals surface area contributed by atoms with Gasteiger partial charge in [-0.15, -0.1) is 0 Å². The van der Waals surface area contributed by atoms with Gasteiger partial charge in [0.25, 0.3) is 0 Å². The summed E-state index contributed by atoms with van der Waals surface area (Å²) in [5.74, 6) is -0.756. The van der Waals surface area contributed by atoms with Crippen molar-refractivity contribution in [3.63, 3.8) is 0 Å². The maximum Gasteiger partial charge on any atom is 0.313 e. The topological polar surface area (TPSA) is 72.6 Å². The summed E-state index contributed by atoms with van der Waals surface area (Å²) in [6.07, 6.45) is -0.741. The molecule has 1 N–H and O–H groups in total. The number of nitro benzene ring substituents is 1. The largest absolute Gasteiger partial charge is 0.484 e. The van der Waals surface area contributed by atoms with Gasteiger partial charge in [-0.25, -0.2) is 4.39 Å². The summed E-state index contributed by atoms with van der Waals surface area (Å²) in [5, 5.41) is 19.4. The Morgan fingerprint density at radius 3 is 2.87 bits per heavy atom. The van der Waals surface area contributed by atoms with Crippen LogP contribution < -0.4 is 4.74 Å². The molecule has 0 aromatic heterocycles. The van der Waals surface area contributed by atoms with Gasteiger partial charge >= 0.3 is 5.69 Å². The highest BCUT2D eigenvalue weighted by atomic mass is 19.1. The highest BCUT2D eigenvalue weighted by Gasteiger charge is 2.16. The normalized spacial score (nSPS) is 12.2. The van der Waals surface area contributed by atoms with E-state index in [-0.39, 0.29) is 12.4 Å². The van der Waals surface area contributed by atoms with Crippen molar-refractivity contribution >= 4 is 5.69 Å². The lowest BCUT2D eigenvalue weighted by Gasteiger charge is -2.07. The molecule has 0 amide bonds. The summed E-state index contributed by atoms with van der Waals surface area (Å²) in [6.45, 7) is 1.40. The van der Waals surface area contributed by atoms with Gasteiger partial charge in [0.1, 0.15) is 12.4 Å². The highest BCUT2D eigenvalue weighted by molar-refractivity contribution is 5.46. The number of nitrogens with zero attached hydrogens (tertiary/aromatic N) is 1. The van der Waals surface area contributed by atoms with Crippen molar-refractivity contribution < 1.29 is 19.2 Å². The van der Waals surface area contributed by atoms with E-state index in [1.165, 1.54) is 6.92 Å². The van der Waals surface area contributed by atoms with E-state index in [0.717, 1.165) is 18.2 Å². The fourth-order valence-electron chi connectivity index (χ4n) is 0.966. The molecule has 1 aromatic rings. The van der Waals surface area contributed by atoms with E-state index in [4.69, 9.17) is 9.84 Å². The number of ether oxygens (including phenoxy) is 1. The first-order valence-corrected chi connectivity index (χ1v) is 4.25. The lowest BCUT2D eigenvalue weighted by molar-refractivity contribution is -0.386. The van der Waals surface area contributed by atoms with E-state index in [9.17, 15) is 14.5 Å². The van der Waals surface area contributed by atoms with Gasteiger partial charge in [-0.1, -0.05) is 0 Å². The van der Waals surface area contributed by atoms with Crippen molar-refractivity contribution in [2.45, 2.75) is 13.0 Å². The Morgan fingerprint density at radius 2 is 2.33 bits per heavy atom. The van der Waals surface area contributed by atoms with Crippen LogP contribution in [0, 0.1) is 15.9 Å². The average Bonchev–Trinajstić information content (AvgIpc) is 2.15. The third-order valence-corrected chi connectivity index (χ3v) is 1.60. The molecule has 82 valence electrons. The monoisotopic (exact) mass is 215 g/mol. The molecule has 0 aliphatic heterocycles. The number of hydrogen-bond acceptors (Lipinski definition) is 4. The van der Waals surface area contributed by atoms with Gasteiger partial charge in [0, 0.05) is 0 Å².